The third kappa shape index (κ3) is 5.26. The number of hydrogen-bond donors (Lipinski definition) is 1. The lowest BCUT2D eigenvalue weighted by molar-refractivity contribution is 0.176. The fourth-order valence-electron chi connectivity index (χ4n) is 3.03. The average Bonchev–Trinajstić information content (AvgIpc) is 2.39. The van der Waals surface area contributed by atoms with Crippen molar-refractivity contribution in [3.63, 3.8) is 0 Å². The van der Waals surface area contributed by atoms with Crippen LogP contribution in [0, 0.1) is 11.8 Å². The molecule has 2 nitrogen and oxygen atoms in total. The van der Waals surface area contributed by atoms with Gasteiger partial charge in [0.1, 0.15) is 0 Å². The zero-order chi connectivity index (χ0) is 14.4. The van der Waals surface area contributed by atoms with Crippen molar-refractivity contribution in [2.24, 2.45) is 11.8 Å². The molecule has 0 spiro atoms. The zero-order valence-corrected chi connectivity index (χ0v) is 13.4. The van der Waals surface area contributed by atoms with Crippen LogP contribution in [0.15, 0.2) is 24.3 Å². The average molecular weight is 274 g/mol. The molecule has 0 radical (unpaired) electrons. The standard InChI is InChI=1S/C18H30N2/c1-15(2)11-19-12-17-7-4-8-18(10-17)14-20-9-5-6-16(3)13-20/h4,7-8,10,15-16,19H,5-6,9,11-14H2,1-3H3. The Morgan fingerprint density at radius 1 is 1.30 bits per heavy atom. The summed E-state index contributed by atoms with van der Waals surface area (Å²) in [5.41, 5.74) is 2.87. The van der Waals surface area contributed by atoms with Crippen molar-refractivity contribution in [2.75, 3.05) is 19.6 Å². The summed E-state index contributed by atoms with van der Waals surface area (Å²) in [7, 11) is 0. The van der Waals surface area contributed by atoms with E-state index in [-0.39, 0.29) is 0 Å². The summed E-state index contributed by atoms with van der Waals surface area (Å²) in [5, 5.41) is 3.53. The van der Waals surface area contributed by atoms with E-state index in [1.807, 2.05) is 0 Å². The number of rotatable bonds is 6. The normalized spacial score (nSPS) is 20.5. The Hall–Kier alpha value is -0.860. The van der Waals surface area contributed by atoms with Crippen LogP contribution in [0.25, 0.3) is 0 Å². The Balaban J connectivity index is 1.85. The van der Waals surface area contributed by atoms with Crippen LogP contribution in [0.3, 0.4) is 0 Å². The molecule has 1 saturated heterocycles. The summed E-state index contributed by atoms with van der Waals surface area (Å²) >= 11 is 0. The molecule has 2 heteroatoms. The van der Waals surface area contributed by atoms with Crippen LogP contribution in [0.4, 0.5) is 0 Å². The summed E-state index contributed by atoms with van der Waals surface area (Å²) in [6.07, 6.45) is 2.76. The Morgan fingerprint density at radius 3 is 2.85 bits per heavy atom. The minimum absolute atomic E-state index is 0.716. The van der Waals surface area contributed by atoms with Crippen LogP contribution in [-0.4, -0.2) is 24.5 Å². The highest BCUT2D eigenvalue weighted by molar-refractivity contribution is 5.23. The van der Waals surface area contributed by atoms with E-state index in [0.29, 0.717) is 5.92 Å². The van der Waals surface area contributed by atoms with E-state index in [1.165, 1.54) is 37.1 Å². The molecule has 1 unspecified atom stereocenters. The fraction of sp³-hybridized carbons (Fsp3) is 0.667. The van der Waals surface area contributed by atoms with Crippen LogP contribution < -0.4 is 5.32 Å². The SMILES string of the molecule is CC(C)CNCc1cccc(CN2CCCC(C)C2)c1. The van der Waals surface area contributed by atoms with E-state index in [1.54, 1.807) is 0 Å². The maximum atomic E-state index is 3.53. The van der Waals surface area contributed by atoms with Gasteiger partial charge in [-0.2, -0.15) is 0 Å². The van der Waals surface area contributed by atoms with E-state index in [2.05, 4.69) is 55.3 Å². The Morgan fingerprint density at radius 2 is 2.10 bits per heavy atom. The molecule has 2 rings (SSSR count). The lowest BCUT2D eigenvalue weighted by Crippen LogP contribution is -2.33. The third-order valence-corrected chi connectivity index (χ3v) is 4.02. The van der Waals surface area contributed by atoms with Crippen molar-refractivity contribution in [1.82, 2.24) is 10.2 Å². The molecule has 0 amide bonds. The second kappa shape index (κ2) is 7.80. The van der Waals surface area contributed by atoms with Crippen molar-refractivity contribution in [2.45, 2.75) is 46.7 Å². The number of nitrogens with one attached hydrogen (secondary N) is 1. The molecule has 1 aromatic rings. The van der Waals surface area contributed by atoms with E-state index in [4.69, 9.17) is 0 Å². The van der Waals surface area contributed by atoms with Gasteiger partial charge in [0.25, 0.3) is 0 Å². The van der Waals surface area contributed by atoms with Gasteiger partial charge in [-0.3, -0.25) is 4.90 Å². The maximum absolute atomic E-state index is 3.53. The Labute approximate surface area is 124 Å². The highest BCUT2D eigenvalue weighted by Gasteiger charge is 2.16. The fourth-order valence-corrected chi connectivity index (χ4v) is 3.03. The van der Waals surface area contributed by atoms with E-state index >= 15 is 0 Å². The van der Waals surface area contributed by atoms with E-state index in [0.717, 1.165) is 25.6 Å². The molecule has 1 atom stereocenters. The van der Waals surface area contributed by atoms with Crippen molar-refractivity contribution >= 4 is 0 Å². The highest BCUT2D eigenvalue weighted by Crippen LogP contribution is 2.18. The third-order valence-electron chi connectivity index (χ3n) is 4.02. The number of hydrogen-bond acceptors (Lipinski definition) is 2. The summed E-state index contributed by atoms with van der Waals surface area (Å²) in [6.45, 7) is 12.6. The molecule has 0 saturated carbocycles. The smallest absolute Gasteiger partial charge is 0.0233 e. The molecule has 1 aliphatic heterocycles. The van der Waals surface area contributed by atoms with Gasteiger partial charge in [0, 0.05) is 19.6 Å². The second-order valence-corrected chi connectivity index (χ2v) is 6.83. The highest BCUT2D eigenvalue weighted by atomic mass is 15.1. The zero-order valence-electron chi connectivity index (χ0n) is 13.4. The molecule has 0 aromatic heterocycles. The van der Waals surface area contributed by atoms with Crippen LogP contribution in [0.5, 0.6) is 0 Å². The molecule has 1 aliphatic rings. The molecule has 20 heavy (non-hydrogen) atoms. The summed E-state index contributed by atoms with van der Waals surface area (Å²) < 4.78 is 0. The van der Waals surface area contributed by atoms with Gasteiger partial charge in [-0.15, -0.1) is 0 Å². The van der Waals surface area contributed by atoms with E-state index < -0.39 is 0 Å². The monoisotopic (exact) mass is 274 g/mol. The van der Waals surface area contributed by atoms with Gasteiger partial charge in [-0.1, -0.05) is 45.0 Å². The molecule has 112 valence electrons. The number of nitrogens with zero attached hydrogens (tertiary/aromatic N) is 1. The molecule has 0 aliphatic carbocycles. The second-order valence-electron chi connectivity index (χ2n) is 6.83. The van der Waals surface area contributed by atoms with Crippen molar-refractivity contribution in [1.29, 1.82) is 0 Å². The Kier molecular flexibility index (Phi) is 6.06. The van der Waals surface area contributed by atoms with Gasteiger partial charge in [-0.25, -0.2) is 0 Å². The minimum atomic E-state index is 0.716. The first kappa shape index (κ1) is 15.5. The van der Waals surface area contributed by atoms with Gasteiger partial charge in [0.2, 0.25) is 0 Å². The molecular weight excluding hydrogens is 244 g/mol. The van der Waals surface area contributed by atoms with Crippen molar-refractivity contribution < 1.29 is 0 Å². The number of benzene rings is 1. The van der Waals surface area contributed by atoms with Gasteiger partial charge >= 0.3 is 0 Å². The lowest BCUT2D eigenvalue weighted by atomic mass is 9.99. The van der Waals surface area contributed by atoms with Gasteiger partial charge in [-0.05, 0) is 48.9 Å². The summed E-state index contributed by atoms with van der Waals surface area (Å²) in [4.78, 5) is 2.61. The molecule has 0 bridgehead atoms. The first-order chi connectivity index (χ1) is 9.63. The van der Waals surface area contributed by atoms with Gasteiger partial charge in [0.15, 0.2) is 0 Å². The molecule has 1 heterocycles. The maximum Gasteiger partial charge on any atom is 0.0233 e. The summed E-state index contributed by atoms with van der Waals surface area (Å²) in [5.74, 6) is 1.58. The predicted molar refractivity (Wildman–Crippen MR) is 86.7 cm³/mol. The van der Waals surface area contributed by atoms with Crippen LogP contribution in [-0.2, 0) is 13.1 Å². The quantitative estimate of drug-likeness (QED) is 0.851. The van der Waals surface area contributed by atoms with Crippen LogP contribution in [0.2, 0.25) is 0 Å². The van der Waals surface area contributed by atoms with Crippen molar-refractivity contribution in [3.8, 4) is 0 Å². The molecular formula is C18H30N2. The number of piperidine rings is 1. The first-order valence-electron chi connectivity index (χ1n) is 8.14. The molecule has 1 fully saturated rings. The predicted octanol–water partition coefficient (Wildman–Crippen LogP) is 3.66. The van der Waals surface area contributed by atoms with Crippen molar-refractivity contribution in [3.05, 3.63) is 35.4 Å². The van der Waals surface area contributed by atoms with Crippen LogP contribution >= 0.6 is 0 Å². The Bertz CT molecular complexity index is 400. The molecule has 1 N–H and O–H groups in total. The summed E-state index contributed by atoms with van der Waals surface area (Å²) in [6, 6.07) is 9.07. The number of likely N-dealkylation sites (tertiary alicyclic amines) is 1. The molecule has 1 aromatic carbocycles. The van der Waals surface area contributed by atoms with Crippen LogP contribution in [0.1, 0.15) is 44.7 Å². The largest absolute Gasteiger partial charge is 0.312 e. The van der Waals surface area contributed by atoms with Gasteiger partial charge < -0.3 is 5.32 Å². The minimum Gasteiger partial charge on any atom is -0.312 e. The van der Waals surface area contributed by atoms with E-state index in [9.17, 15) is 0 Å². The lowest BCUT2D eigenvalue weighted by Gasteiger charge is -2.30. The first-order valence-corrected chi connectivity index (χ1v) is 8.14. The topological polar surface area (TPSA) is 15.3 Å². The van der Waals surface area contributed by atoms with Gasteiger partial charge in [0.05, 0.1) is 0 Å².